The van der Waals surface area contributed by atoms with E-state index in [9.17, 15) is 14.4 Å². The molecule has 35 heavy (non-hydrogen) atoms. The molecule has 4 heterocycles. The van der Waals surface area contributed by atoms with Gasteiger partial charge in [-0.05, 0) is 42.9 Å². The minimum absolute atomic E-state index is 0.0274. The first-order valence-corrected chi connectivity index (χ1v) is 13.5. The predicted molar refractivity (Wildman–Crippen MR) is 132 cm³/mol. The number of aromatic nitrogens is 2. The SMILES string of the molecule is CCc1cc(-c2cc([C@@H](C(=O)N3C[C@H](Cl)[C@H]4OCC(=O)[C@H]43)C3CCCCC3)c(C(N)=O)s2)cnn1. The zero-order valence-corrected chi connectivity index (χ0v) is 21.2. The van der Waals surface area contributed by atoms with Gasteiger partial charge in [0.25, 0.3) is 5.91 Å². The quantitative estimate of drug-likeness (QED) is 0.589. The average molecular weight is 517 g/mol. The first kappa shape index (κ1) is 24.3. The van der Waals surface area contributed by atoms with Crippen LogP contribution < -0.4 is 5.73 Å². The zero-order chi connectivity index (χ0) is 24.7. The summed E-state index contributed by atoms with van der Waals surface area (Å²) in [5, 5.41) is 7.79. The van der Waals surface area contributed by atoms with E-state index in [0.717, 1.165) is 54.7 Å². The highest BCUT2D eigenvalue weighted by Crippen LogP contribution is 2.44. The van der Waals surface area contributed by atoms with Gasteiger partial charge in [0.1, 0.15) is 18.8 Å². The van der Waals surface area contributed by atoms with Crippen LogP contribution in [0.1, 0.15) is 65.9 Å². The molecule has 3 aliphatic rings. The van der Waals surface area contributed by atoms with Gasteiger partial charge in [-0.1, -0.05) is 26.2 Å². The van der Waals surface area contributed by atoms with Crippen LogP contribution in [0.15, 0.2) is 18.3 Å². The molecular formula is C25H29ClN4O4S. The highest BCUT2D eigenvalue weighted by atomic mass is 35.5. The number of hydrogen-bond acceptors (Lipinski definition) is 7. The fraction of sp³-hybridized carbons (Fsp3) is 0.560. The number of ether oxygens (including phenoxy) is 1. The van der Waals surface area contributed by atoms with Gasteiger partial charge in [-0.3, -0.25) is 14.4 Å². The molecule has 2 aromatic rings. The van der Waals surface area contributed by atoms with Gasteiger partial charge < -0.3 is 15.4 Å². The van der Waals surface area contributed by atoms with Crippen LogP contribution in [0.4, 0.5) is 0 Å². The highest BCUT2D eigenvalue weighted by molar-refractivity contribution is 7.17. The van der Waals surface area contributed by atoms with E-state index in [1.807, 2.05) is 19.1 Å². The summed E-state index contributed by atoms with van der Waals surface area (Å²) in [5.41, 5.74) is 8.16. The standard InChI is InChI=1S/C25H29ClN4O4S/c1-2-15-8-14(10-28-29-15)19-9-16(23(35-19)24(27)32)20(13-6-4-3-5-7-13)25(33)30-11-17(26)22-21(30)18(31)12-34-22/h8-10,13,17,20-22H,2-7,11-12H2,1H3,(H2,27,32)/t17-,20-,21+,22+/m0/s1. The molecule has 1 aliphatic carbocycles. The molecule has 0 spiro atoms. The molecule has 3 fully saturated rings. The summed E-state index contributed by atoms with van der Waals surface area (Å²) in [6, 6.07) is 3.20. The lowest BCUT2D eigenvalue weighted by molar-refractivity contribution is -0.139. The number of nitrogens with zero attached hydrogens (tertiary/aromatic N) is 3. The Balaban J connectivity index is 1.58. The second-order valence-corrected chi connectivity index (χ2v) is 11.2. The molecule has 4 atom stereocenters. The maximum absolute atomic E-state index is 14.2. The Morgan fingerprint density at radius 2 is 2.06 bits per heavy atom. The van der Waals surface area contributed by atoms with E-state index >= 15 is 0 Å². The summed E-state index contributed by atoms with van der Waals surface area (Å²) in [6.07, 6.45) is 6.86. The molecule has 2 saturated heterocycles. The van der Waals surface area contributed by atoms with Crippen molar-refractivity contribution in [1.29, 1.82) is 0 Å². The Morgan fingerprint density at radius 3 is 2.77 bits per heavy atom. The van der Waals surface area contributed by atoms with Gasteiger partial charge in [-0.25, -0.2) is 0 Å². The van der Waals surface area contributed by atoms with Crippen LogP contribution in [0.2, 0.25) is 0 Å². The summed E-state index contributed by atoms with van der Waals surface area (Å²) in [5.74, 6) is -1.35. The summed E-state index contributed by atoms with van der Waals surface area (Å²) in [7, 11) is 0. The van der Waals surface area contributed by atoms with Gasteiger partial charge in [0.05, 0.1) is 28.1 Å². The molecule has 5 rings (SSSR count). The van der Waals surface area contributed by atoms with E-state index < -0.39 is 29.3 Å². The van der Waals surface area contributed by atoms with E-state index in [1.165, 1.54) is 11.3 Å². The number of likely N-dealkylation sites (tertiary alicyclic amines) is 1. The van der Waals surface area contributed by atoms with Crippen molar-refractivity contribution < 1.29 is 19.1 Å². The minimum Gasteiger partial charge on any atom is -0.366 e. The number of aryl methyl sites for hydroxylation is 1. The maximum Gasteiger partial charge on any atom is 0.259 e. The first-order valence-electron chi connectivity index (χ1n) is 12.2. The van der Waals surface area contributed by atoms with Gasteiger partial charge in [0.15, 0.2) is 5.78 Å². The molecular weight excluding hydrogens is 488 g/mol. The molecule has 2 aromatic heterocycles. The number of primary amides is 1. The van der Waals surface area contributed by atoms with Crippen molar-refractivity contribution in [3.05, 3.63) is 34.5 Å². The van der Waals surface area contributed by atoms with Crippen LogP contribution in [0.5, 0.6) is 0 Å². The third kappa shape index (κ3) is 4.49. The molecule has 2 amide bonds. The number of ketones is 1. The number of rotatable bonds is 6. The van der Waals surface area contributed by atoms with Crippen LogP contribution in [0, 0.1) is 5.92 Å². The second kappa shape index (κ2) is 9.95. The molecule has 2 N–H and O–H groups in total. The zero-order valence-electron chi connectivity index (χ0n) is 19.6. The third-order valence-corrected chi connectivity index (χ3v) is 9.07. The number of alkyl halides is 1. The average Bonchev–Trinajstić information content (AvgIpc) is 3.56. The van der Waals surface area contributed by atoms with Crippen molar-refractivity contribution in [2.24, 2.45) is 11.7 Å². The fourth-order valence-corrected chi connectivity index (χ4v) is 7.15. The van der Waals surface area contributed by atoms with Crippen molar-refractivity contribution in [1.82, 2.24) is 15.1 Å². The van der Waals surface area contributed by atoms with Crippen LogP contribution in [-0.2, 0) is 20.7 Å². The van der Waals surface area contributed by atoms with Gasteiger partial charge in [-0.2, -0.15) is 10.2 Å². The number of carbonyl (C=O) groups is 3. The number of thiophene rings is 1. The lowest BCUT2D eigenvalue weighted by Gasteiger charge is -2.34. The number of amides is 2. The number of nitrogens with two attached hydrogens (primary N) is 1. The van der Waals surface area contributed by atoms with Crippen molar-refractivity contribution in [3.8, 4) is 10.4 Å². The van der Waals surface area contributed by atoms with Crippen molar-refractivity contribution in [2.75, 3.05) is 13.2 Å². The molecule has 1 saturated carbocycles. The molecule has 10 heteroatoms. The number of hydrogen-bond donors (Lipinski definition) is 1. The summed E-state index contributed by atoms with van der Waals surface area (Å²) in [6.45, 7) is 2.23. The highest BCUT2D eigenvalue weighted by Gasteiger charge is 2.53. The predicted octanol–water partition coefficient (Wildman–Crippen LogP) is 3.32. The minimum atomic E-state index is -0.664. The largest absolute Gasteiger partial charge is 0.366 e. The summed E-state index contributed by atoms with van der Waals surface area (Å²) >= 11 is 7.77. The van der Waals surface area contributed by atoms with Crippen LogP contribution in [-0.4, -0.2) is 63.4 Å². The lowest BCUT2D eigenvalue weighted by Crippen LogP contribution is -2.46. The van der Waals surface area contributed by atoms with E-state index in [4.69, 9.17) is 22.1 Å². The molecule has 0 aromatic carbocycles. The summed E-state index contributed by atoms with van der Waals surface area (Å²) < 4.78 is 5.60. The Kier molecular flexibility index (Phi) is 6.92. The van der Waals surface area contributed by atoms with Gasteiger partial charge in [0, 0.05) is 17.0 Å². The van der Waals surface area contributed by atoms with Crippen molar-refractivity contribution in [2.45, 2.75) is 68.9 Å². The van der Waals surface area contributed by atoms with E-state index in [-0.39, 0.29) is 30.8 Å². The normalized spacial score (nSPS) is 25.6. The molecule has 2 aliphatic heterocycles. The fourth-order valence-electron chi connectivity index (χ4n) is 5.75. The van der Waals surface area contributed by atoms with Crippen molar-refractivity contribution in [3.63, 3.8) is 0 Å². The molecule has 8 nitrogen and oxygen atoms in total. The second-order valence-electron chi connectivity index (χ2n) is 9.62. The van der Waals surface area contributed by atoms with Crippen LogP contribution >= 0.6 is 22.9 Å². The van der Waals surface area contributed by atoms with Gasteiger partial charge in [0.2, 0.25) is 5.91 Å². The van der Waals surface area contributed by atoms with E-state index in [2.05, 4.69) is 10.2 Å². The Hall–Kier alpha value is -2.36. The topological polar surface area (TPSA) is 115 Å². The van der Waals surface area contributed by atoms with E-state index in [1.54, 1.807) is 11.1 Å². The Labute approximate surface area is 213 Å². The maximum atomic E-state index is 14.2. The molecule has 186 valence electrons. The summed E-state index contributed by atoms with van der Waals surface area (Å²) in [4.78, 5) is 42.2. The Bertz CT molecular complexity index is 1150. The number of fused-ring (bicyclic) bond motifs is 1. The number of Topliss-reactive ketones (excluding diaryl/α,β-unsaturated/α-hetero) is 1. The molecule has 0 radical (unpaired) electrons. The lowest BCUT2D eigenvalue weighted by atomic mass is 9.75. The Morgan fingerprint density at radius 1 is 1.29 bits per heavy atom. The molecule has 0 bridgehead atoms. The first-order chi connectivity index (χ1) is 16.9. The third-order valence-electron chi connectivity index (χ3n) is 7.46. The van der Waals surface area contributed by atoms with Gasteiger partial charge in [-0.15, -0.1) is 22.9 Å². The van der Waals surface area contributed by atoms with Gasteiger partial charge >= 0.3 is 0 Å². The number of halogens is 1. The number of carbonyl (C=O) groups excluding carboxylic acids is 3. The van der Waals surface area contributed by atoms with Crippen molar-refractivity contribution >= 4 is 40.5 Å². The van der Waals surface area contributed by atoms with Crippen LogP contribution in [0.25, 0.3) is 10.4 Å². The van der Waals surface area contributed by atoms with Crippen LogP contribution in [0.3, 0.4) is 0 Å². The molecule has 0 unspecified atom stereocenters. The smallest absolute Gasteiger partial charge is 0.259 e. The van der Waals surface area contributed by atoms with E-state index in [0.29, 0.717) is 10.4 Å². The monoisotopic (exact) mass is 516 g/mol.